The first-order valence-corrected chi connectivity index (χ1v) is 17.9. The molecule has 3 heterocycles. The van der Waals surface area contributed by atoms with Crippen molar-refractivity contribution < 1.29 is 34.7 Å². The average molecular weight is 784 g/mol. The number of rotatable bonds is 5. The number of fused-ring (bicyclic) bond motifs is 3. The van der Waals surface area contributed by atoms with Crippen LogP contribution < -0.4 is 5.19 Å². The molecule has 0 aliphatic heterocycles. The summed E-state index contributed by atoms with van der Waals surface area (Å²) in [4.78, 5) is 9.00. The van der Waals surface area contributed by atoms with Gasteiger partial charge >= 0.3 is 0 Å². The van der Waals surface area contributed by atoms with Crippen molar-refractivity contribution in [2.24, 2.45) is 0 Å². The van der Waals surface area contributed by atoms with Crippen LogP contribution in [0.25, 0.3) is 44.5 Å². The van der Waals surface area contributed by atoms with E-state index < -0.39 is 25.6 Å². The topological polar surface area (TPSA) is 38.9 Å². The van der Waals surface area contributed by atoms with E-state index in [9.17, 15) is 8.78 Å². The van der Waals surface area contributed by atoms with Gasteiger partial charge in [-0.2, -0.15) is 0 Å². The first-order chi connectivity index (χ1) is 20.7. The van der Waals surface area contributed by atoms with E-state index in [1.807, 2.05) is 56.4 Å². The van der Waals surface area contributed by atoms with Gasteiger partial charge in [0.1, 0.15) is 17.2 Å². The fourth-order valence-electron chi connectivity index (χ4n) is 5.09. The third kappa shape index (κ3) is 7.07. The molecule has 0 saturated carbocycles. The maximum absolute atomic E-state index is 14.2. The summed E-state index contributed by atoms with van der Waals surface area (Å²) in [6.07, 6.45) is 3.72. The summed E-state index contributed by atoms with van der Waals surface area (Å²) in [5.41, 5.74) is 6.12. The van der Waals surface area contributed by atoms with Crippen LogP contribution in [0, 0.1) is 23.8 Å². The minimum Gasteiger partial charge on any atom is -0.500 e. The molecule has 0 aliphatic rings. The van der Waals surface area contributed by atoms with Crippen LogP contribution >= 0.6 is 0 Å². The van der Waals surface area contributed by atoms with E-state index in [0.29, 0.717) is 28.1 Å². The van der Waals surface area contributed by atoms with Gasteiger partial charge in [-0.25, -0.2) is 8.78 Å². The summed E-state index contributed by atoms with van der Waals surface area (Å²) >= 11 is 0. The van der Waals surface area contributed by atoms with Crippen LogP contribution in [-0.2, 0) is 20.1 Å². The van der Waals surface area contributed by atoms with Crippen molar-refractivity contribution in [3.63, 3.8) is 0 Å². The molecule has 0 amide bonds. The largest absolute Gasteiger partial charge is 0.500 e. The number of nitrogens with zero attached hydrogens (tertiary/aromatic N) is 2. The molecule has 7 heteroatoms. The van der Waals surface area contributed by atoms with E-state index in [4.69, 9.17) is 5.79 Å². The second kappa shape index (κ2) is 13.6. The molecule has 0 fully saturated rings. The van der Waals surface area contributed by atoms with Gasteiger partial charge in [-0.15, -0.1) is 54.1 Å². The molecule has 6 aromatic rings. The van der Waals surface area contributed by atoms with Crippen molar-refractivity contribution in [1.29, 1.82) is 0 Å². The van der Waals surface area contributed by atoms with Crippen molar-refractivity contribution in [2.75, 3.05) is 0 Å². The van der Waals surface area contributed by atoms with Gasteiger partial charge in [-0.1, -0.05) is 81.5 Å². The SMILES string of the molecule is CC(C)c1ccnc(-c2[c-]ccc3c2oc2cc(F)cc(F)c23)c1.[2H]C(C)(C)c1cc(-c2[c-]cccc2)ncc1[Si](C)(C)C.[Ir]. The third-order valence-corrected chi connectivity index (χ3v) is 9.41. The fraction of sp³-hybridized carbons (Fsp3) is 0.243. The average Bonchev–Trinajstić information content (AvgIpc) is 3.35. The summed E-state index contributed by atoms with van der Waals surface area (Å²) in [7, 11) is -1.50. The first kappa shape index (κ1) is 31.9. The molecule has 0 atom stereocenters. The summed E-state index contributed by atoms with van der Waals surface area (Å²) < 4.78 is 41.8. The van der Waals surface area contributed by atoms with E-state index in [0.717, 1.165) is 28.5 Å². The van der Waals surface area contributed by atoms with Gasteiger partial charge < -0.3 is 14.4 Å². The number of halogens is 2. The zero-order valence-electron chi connectivity index (χ0n) is 27.0. The van der Waals surface area contributed by atoms with E-state index in [-0.39, 0.29) is 31.1 Å². The smallest absolute Gasteiger partial charge is 0.136 e. The molecule has 44 heavy (non-hydrogen) atoms. The monoisotopic (exact) mass is 784 g/mol. The molecule has 0 unspecified atom stereocenters. The first-order valence-electron chi connectivity index (χ1n) is 14.9. The van der Waals surface area contributed by atoms with Crippen molar-refractivity contribution in [2.45, 2.75) is 59.1 Å². The molecular weight excluding hydrogens is 747 g/mol. The number of hydrogen-bond donors (Lipinski definition) is 0. The van der Waals surface area contributed by atoms with Crippen LogP contribution in [0.5, 0.6) is 0 Å². The Bertz CT molecular complexity index is 1950. The Hall–Kier alpha value is -3.51. The van der Waals surface area contributed by atoms with Crippen LogP contribution in [0.2, 0.25) is 19.6 Å². The summed E-state index contributed by atoms with van der Waals surface area (Å²) in [5, 5.41) is 2.15. The molecule has 0 spiro atoms. The molecule has 229 valence electrons. The van der Waals surface area contributed by atoms with Crippen LogP contribution in [-0.4, -0.2) is 18.0 Å². The number of aromatic nitrogens is 2. The number of pyridine rings is 2. The van der Waals surface area contributed by atoms with Gasteiger partial charge in [0.25, 0.3) is 0 Å². The fourth-order valence-corrected chi connectivity index (χ4v) is 6.67. The van der Waals surface area contributed by atoms with Crippen molar-refractivity contribution in [3.8, 4) is 22.5 Å². The van der Waals surface area contributed by atoms with Gasteiger partial charge in [0.15, 0.2) is 0 Å². The van der Waals surface area contributed by atoms with E-state index in [1.165, 1.54) is 11.3 Å². The standard InChI is InChI=1S/C20H14F2NO.C17H22NSi.Ir/c1-11(2)12-6-7-23-17(8-12)14-4-3-5-15-19-16(22)9-13(21)10-18(19)24-20(14)15;1-13(2)15-11-16(14-9-7-6-8-10-14)18-12-17(15)19(3,4)5;/h3,5-11H,1-2H3;6-9,11-13H,1-5H3;/q2*-1;/i;13D;. The Morgan fingerprint density at radius 3 is 2.32 bits per heavy atom. The Morgan fingerprint density at radius 1 is 0.886 bits per heavy atom. The molecule has 0 bridgehead atoms. The predicted molar refractivity (Wildman–Crippen MR) is 175 cm³/mol. The van der Waals surface area contributed by atoms with Crippen LogP contribution in [0.4, 0.5) is 8.78 Å². The molecular formula is C37H36F2IrN2OSi-2. The molecule has 3 aromatic heterocycles. The van der Waals surface area contributed by atoms with Gasteiger partial charge in [0.2, 0.25) is 0 Å². The molecule has 0 saturated heterocycles. The van der Waals surface area contributed by atoms with E-state index in [2.05, 4.69) is 61.7 Å². The van der Waals surface area contributed by atoms with E-state index in [1.54, 1.807) is 18.3 Å². The number of furan rings is 1. The van der Waals surface area contributed by atoms with Gasteiger partial charge in [0, 0.05) is 51.4 Å². The molecule has 6 rings (SSSR count). The summed E-state index contributed by atoms with van der Waals surface area (Å²) in [5.74, 6) is -1.55. The maximum Gasteiger partial charge on any atom is 0.136 e. The quantitative estimate of drug-likeness (QED) is 0.129. The summed E-state index contributed by atoms with van der Waals surface area (Å²) in [6.45, 7) is 15.0. The van der Waals surface area contributed by atoms with Crippen LogP contribution in [0.1, 0.15) is 52.0 Å². The minimum absolute atomic E-state index is 0. The number of hydrogen-bond acceptors (Lipinski definition) is 3. The van der Waals surface area contributed by atoms with Gasteiger partial charge in [-0.3, -0.25) is 0 Å². The Kier molecular flexibility index (Phi) is 9.89. The van der Waals surface area contributed by atoms with Gasteiger partial charge in [0.05, 0.1) is 13.7 Å². The van der Waals surface area contributed by atoms with Crippen molar-refractivity contribution >= 4 is 35.2 Å². The maximum atomic E-state index is 14.2. The predicted octanol–water partition coefficient (Wildman–Crippen LogP) is 10.1. The molecule has 0 N–H and O–H groups in total. The van der Waals surface area contributed by atoms with Gasteiger partial charge in [-0.05, 0) is 34.5 Å². The van der Waals surface area contributed by atoms with Crippen LogP contribution in [0.3, 0.4) is 0 Å². The Morgan fingerprint density at radius 2 is 1.66 bits per heavy atom. The molecule has 0 aliphatic carbocycles. The Labute approximate surface area is 274 Å². The second-order valence-electron chi connectivity index (χ2n) is 12.2. The normalized spacial score (nSPS) is 12.1. The second-order valence-corrected chi connectivity index (χ2v) is 17.3. The Balaban J connectivity index is 0.000000204. The third-order valence-electron chi connectivity index (χ3n) is 7.39. The zero-order valence-corrected chi connectivity index (χ0v) is 29.4. The molecule has 3 aromatic carbocycles. The van der Waals surface area contributed by atoms with Crippen molar-refractivity contribution in [3.05, 3.63) is 114 Å². The molecule has 3 nitrogen and oxygen atoms in total. The van der Waals surface area contributed by atoms with Crippen molar-refractivity contribution in [1.82, 2.24) is 9.97 Å². The number of benzene rings is 3. The van der Waals surface area contributed by atoms with E-state index >= 15 is 0 Å². The van der Waals surface area contributed by atoms with Crippen LogP contribution in [0.15, 0.2) is 83.5 Å². The molecule has 1 radical (unpaired) electrons. The summed E-state index contributed by atoms with van der Waals surface area (Å²) in [6, 6.07) is 25.7. The zero-order chi connectivity index (χ0) is 31.8. The minimum atomic E-state index is -1.50.